The third-order valence-corrected chi connectivity index (χ3v) is 3.75. The molecule has 0 amide bonds. The first-order valence-corrected chi connectivity index (χ1v) is 6.33. The number of aliphatic hydroxyl groups is 1. The standard InChI is InChI=1S/C15H25NO/c1-11-10-12(2)14(4)15(13(11)3)6-7-16(5)8-9-17/h10,17H,6-9H2,1-5H3. The van der Waals surface area contributed by atoms with E-state index in [1.165, 1.54) is 27.8 Å². The molecule has 0 unspecified atom stereocenters. The van der Waals surface area contributed by atoms with Crippen LogP contribution in [-0.4, -0.2) is 36.8 Å². The number of aryl methyl sites for hydroxylation is 2. The zero-order chi connectivity index (χ0) is 13.0. The maximum absolute atomic E-state index is 8.89. The summed E-state index contributed by atoms with van der Waals surface area (Å²) in [6.45, 7) is 10.8. The molecule has 0 bridgehead atoms. The third-order valence-electron chi connectivity index (χ3n) is 3.75. The van der Waals surface area contributed by atoms with Gasteiger partial charge in [0.2, 0.25) is 0 Å². The number of benzene rings is 1. The Kier molecular flexibility index (Phi) is 5.16. The first-order chi connectivity index (χ1) is 7.97. The van der Waals surface area contributed by atoms with Crippen molar-refractivity contribution in [1.82, 2.24) is 4.90 Å². The van der Waals surface area contributed by atoms with E-state index in [4.69, 9.17) is 5.11 Å². The van der Waals surface area contributed by atoms with Crippen LogP contribution in [0.4, 0.5) is 0 Å². The topological polar surface area (TPSA) is 23.5 Å². The summed E-state index contributed by atoms with van der Waals surface area (Å²) in [6, 6.07) is 2.27. The van der Waals surface area contributed by atoms with Crippen LogP contribution in [0.2, 0.25) is 0 Å². The van der Waals surface area contributed by atoms with Gasteiger partial charge in [0, 0.05) is 13.1 Å². The lowest BCUT2D eigenvalue weighted by atomic mass is 9.92. The molecule has 0 aliphatic heterocycles. The van der Waals surface area contributed by atoms with Gasteiger partial charge in [0.1, 0.15) is 0 Å². The molecule has 0 saturated carbocycles. The lowest BCUT2D eigenvalue weighted by Crippen LogP contribution is -2.25. The van der Waals surface area contributed by atoms with Gasteiger partial charge < -0.3 is 10.0 Å². The Morgan fingerprint density at radius 3 is 2.00 bits per heavy atom. The van der Waals surface area contributed by atoms with Gasteiger partial charge in [-0.2, -0.15) is 0 Å². The minimum absolute atomic E-state index is 0.237. The molecule has 0 saturated heterocycles. The maximum atomic E-state index is 8.89. The van der Waals surface area contributed by atoms with Crippen molar-refractivity contribution in [2.24, 2.45) is 0 Å². The minimum atomic E-state index is 0.237. The van der Waals surface area contributed by atoms with E-state index in [0.29, 0.717) is 0 Å². The zero-order valence-electron chi connectivity index (χ0n) is 11.8. The average Bonchev–Trinajstić information content (AvgIpc) is 2.27. The third kappa shape index (κ3) is 3.55. The SMILES string of the molecule is Cc1cc(C)c(C)c(CCN(C)CCO)c1C. The van der Waals surface area contributed by atoms with Gasteiger partial charge in [0.25, 0.3) is 0 Å². The van der Waals surface area contributed by atoms with Crippen LogP contribution in [0.5, 0.6) is 0 Å². The van der Waals surface area contributed by atoms with E-state index in [2.05, 4.69) is 45.7 Å². The Balaban J connectivity index is 2.83. The van der Waals surface area contributed by atoms with Crippen molar-refractivity contribution in [2.45, 2.75) is 34.1 Å². The van der Waals surface area contributed by atoms with E-state index in [9.17, 15) is 0 Å². The van der Waals surface area contributed by atoms with Gasteiger partial charge in [-0.1, -0.05) is 6.07 Å². The fraction of sp³-hybridized carbons (Fsp3) is 0.600. The molecule has 1 N–H and O–H groups in total. The molecule has 2 heteroatoms. The van der Waals surface area contributed by atoms with Crippen LogP contribution in [-0.2, 0) is 6.42 Å². The Bertz CT molecular complexity index is 359. The van der Waals surface area contributed by atoms with Crippen molar-refractivity contribution in [2.75, 3.05) is 26.7 Å². The lowest BCUT2D eigenvalue weighted by Gasteiger charge is -2.19. The van der Waals surface area contributed by atoms with Crippen molar-refractivity contribution in [3.05, 3.63) is 33.9 Å². The molecule has 17 heavy (non-hydrogen) atoms. The summed E-state index contributed by atoms with van der Waals surface area (Å²) in [4.78, 5) is 2.18. The normalized spacial score (nSPS) is 11.2. The Labute approximate surface area is 105 Å². The Morgan fingerprint density at radius 2 is 1.53 bits per heavy atom. The second-order valence-corrected chi connectivity index (χ2v) is 5.02. The van der Waals surface area contributed by atoms with Gasteiger partial charge in [-0.3, -0.25) is 0 Å². The molecule has 0 radical (unpaired) electrons. The molecule has 0 spiro atoms. The molecule has 1 aromatic carbocycles. The first-order valence-electron chi connectivity index (χ1n) is 6.33. The molecule has 2 nitrogen and oxygen atoms in total. The summed E-state index contributed by atoms with van der Waals surface area (Å²) in [6.07, 6.45) is 1.07. The van der Waals surface area contributed by atoms with Crippen LogP contribution in [0.25, 0.3) is 0 Å². The summed E-state index contributed by atoms with van der Waals surface area (Å²) in [5.74, 6) is 0. The van der Waals surface area contributed by atoms with Crippen LogP contribution in [0.15, 0.2) is 6.07 Å². The molecule has 96 valence electrons. The Morgan fingerprint density at radius 1 is 1.00 bits per heavy atom. The summed E-state index contributed by atoms with van der Waals surface area (Å²) < 4.78 is 0. The van der Waals surface area contributed by atoms with Crippen LogP contribution >= 0.6 is 0 Å². The van der Waals surface area contributed by atoms with Crippen molar-refractivity contribution >= 4 is 0 Å². The summed E-state index contributed by atoms with van der Waals surface area (Å²) in [5.41, 5.74) is 7.09. The number of likely N-dealkylation sites (N-methyl/N-ethyl adjacent to an activating group) is 1. The molecule has 0 aliphatic carbocycles. The lowest BCUT2D eigenvalue weighted by molar-refractivity contribution is 0.223. The molecule has 0 aliphatic rings. The van der Waals surface area contributed by atoms with Crippen molar-refractivity contribution in [1.29, 1.82) is 0 Å². The van der Waals surface area contributed by atoms with Crippen molar-refractivity contribution in [3.63, 3.8) is 0 Å². The molecule has 0 atom stereocenters. The molecule has 0 heterocycles. The minimum Gasteiger partial charge on any atom is -0.395 e. The zero-order valence-corrected chi connectivity index (χ0v) is 11.8. The predicted octanol–water partition coefficient (Wildman–Crippen LogP) is 2.39. The van der Waals surface area contributed by atoms with Gasteiger partial charge in [0.15, 0.2) is 0 Å². The number of aliphatic hydroxyl groups excluding tert-OH is 1. The highest BCUT2D eigenvalue weighted by Gasteiger charge is 2.09. The van der Waals surface area contributed by atoms with Crippen molar-refractivity contribution < 1.29 is 5.11 Å². The largest absolute Gasteiger partial charge is 0.395 e. The predicted molar refractivity (Wildman–Crippen MR) is 73.7 cm³/mol. The first kappa shape index (κ1) is 14.2. The van der Waals surface area contributed by atoms with E-state index < -0.39 is 0 Å². The molecule has 1 rings (SSSR count). The van der Waals surface area contributed by atoms with Gasteiger partial charge in [-0.05, 0) is 69.0 Å². The van der Waals surface area contributed by atoms with E-state index in [1.807, 2.05) is 0 Å². The van der Waals surface area contributed by atoms with Crippen LogP contribution in [0.3, 0.4) is 0 Å². The number of nitrogens with zero attached hydrogens (tertiary/aromatic N) is 1. The molecular formula is C15H25NO. The second-order valence-electron chi connectivity index (χ2n) is 5.02. The van der Waals surface area contributed by atoms with Gasteiger partial charge in [-0.25, -0.2) is 0 Å². The van der Waals surface area contributed by atoms with E-state index >= 15 is 0 Å². The molecule has 1 aromatic rings. The van der Waals surface area contributed by atoms with Crippen molar-refractivity contribution in [3.8, 4) is 0 Å². The Hall–Kier alpha value is -0.860. The summed E-state index contributed by atoms with van der Waals surface area (Å²) in [7, 11) is 2.06. The fourth-order valence-electron chi connectivity index (χ4n) is 2.26. The summed E-state index contributed by atoms with van der Waals surface area (Å²) >= 11 is 0. The number of hydrogen-bond acceptors (Lipinski definition) is 2. The smallest absolute Gasteiger partial charge is 0.0558 e. The highest BCUT2D eigenvalue weighted by Crippen LogP contribution is 2.22. The van der Waals surface area contributed by atoms with Gasteiger partial charge in [0.05, 0.1) is 6.61 Å². The highest BCUT2D eigenvalue weighted by molar-refractivity contribution is 5.44. The summed E-state index contributed by atoms with van der Waals surface area (Å²) in [5, 5.41) is 8.89. The molecule has 0 fully saturated rings. The van der Waals surface area contributed by atoms with Gasteiger partial charge >= 0.3 is 0 Å². The van der Waals surface area contributed by atoms with Crippen LogP contribution in [0, 0.1) is 27.7 Å². The number of hydrogen-bond donors (Lipinski definition) is 1. The number of rotatable bonds is 5. The van der Waals surface area contributed by atoms with E-state index in [-0.39, 0.29) is 6.61 Å². The highest BCUT2D eigenvalue weighted by atomic mass is 16.3. The monoisotopic (exact) mass is 235 g/mol. The van der Waals surface area contributed by atoms with E-state index in [1.54, 1.807) is 0 Å². The van der Waals surface area contributed by atoms with Gasteiger partial charge in [-0.15, -0.1) is 0 Å². The quantitative estimate of drug-likeness (QED) is 0.847. The van der Waals surface area contributed by atoms with E-state index in [0.717, 1.165) is 19.5 Å². The van der Waals surface area contributed by atoms with Crippen LogP contribution < -0.4 is 0 Å². The average molecular weight is 235 g/mol. The maximum Gasteiger partial charge on any atom is 0.0558 e. The molecule has 0 aromatic heterocycles. The second kappa shape index (κ2) is 6.18. The van der Waals surface area contributed by atoms with Crippen LogP contribution in [0.1, 0.15) is 27.8 Å². The molecular weight excluding hydrogens is 210 g/mol. The fourth-order valence-corrected chi connectivity index (χ4v) is 2.26.